The molecular formula is C22H23N3O3. The molecule has 0 bridgehead atoms. The Balaban J connectivity index is 1.83. The quantitative estimate of drug-likeness (QED) is 0.574. The van der Waals surface area contributed by atoms with E-state index in [1.807, 2.05) is 50.3 Å². The van der Waals surface area contributed by atoms with E-state index in [4.69, 9.17) is 9.47 Å². The molecule has 0 fully saturated rings. The number of phenols is 1. The lowest BCUT2D eigenvalue weighted by Crippen LogP contribution is -2.02. The van der Waals surface area contributed by atoms with Crippen LogP contribution >= 0.6 is 0 Å². The van der Waals surface area contributed by atoms with E-state index in [2.05, 4.69) is 15.2 Å². The van der Waals surface area contributed by atoms with Crippen LogP contribution in [0.2, 0.25) is 0 Å². The molecule has 6 nitrogen and oxygen atoms in total. The fourth-order valence-electron chi connectivity index (χ4n) is 2.66. The SMILES string of the molecule is C/C=C(\C=NC)COc1ccc(-c2n[nH]c(C)c2Oc2ccccc2)c(O)c1. The molecule has 6 heteroatoms. The smallest absolute Gasteiger partial charge is 0.176 e. The molecule has 0 amide bonds. The van der Waals surface area contributed by atoms with Crippen LogP contribution in [0.3, 0.4) is 0 Å². The lowest BCUT2D eigenvalue weighted by atomic mass is 10.1. The van der Waals surface area contributed by atoms with Crippen LogP contribution in [0.15, 0.2) is 65.2 Å². The normalized spacial score (nSPS) is 11.8. The van der Waals surface area contributed by atoms with E-state index in [9.17, 15) is 5.11 Å². The summed E-state index contributed by atoms with van der Waals surface area (Å²) in [6, 6.07) is 14.6. The number of aryl methyl sites for hydroxylation is 1. The van der Waals surface area contributed by atoms with Crippen LogP contribution in [-0.4, -0.2) is 35.2 Å². The number of nitrogens with zero attached hydrogens (tertiary/aromatic N) is 2. The summed E-state index contributed by atoms with van der Waals surface area (Å²) in [5.41, 5.74) is 2.82. The average molecular weight is 377 g/mol. The molecule has 0 radical (unpaired) electrons. The van der Waals surface area contributed by atoms with Gasteiger partial charge in [-0.25, -0.2) is 0 Å². The summed E-state index contributed by atoms with van der Waals surface area (Å²) in [5, 5.41) is 17.8. The number of aromatic nitrogens is 2. The summed E-state index contributed by atoms with van der Waals surface area (Å²) in [4.78, 5) is 3.99. The Morgan fingerprint density at radius 2 is 1.96 bits per heavy atom. The second-order valence-electron chi connectivity index (χ2n) is 6.16. The zero-order chi connectivity index (χ0) is 19.9. The van der Waals surface area contributed by atoms with Crippen LogP contribution in [0.4, 0.5) is 0 Å². The van der Waals surface area contributed by atoms with Gasteiger partial charge in [-0.05, 0) is 38.1 Å². The molecular weight excluding hydrogens is 354 g/mol. The molecule has 2 aromatic carbocycles. The Bertz CT molecular complexity index is 992. The van der Waals surface area contributed by atoms with Crippen molar-refractivity contribution < 1.29 is 14.6 Å². The largest absolute Gasteiger partial charge is 0.507 e. The van der Waals surface area contributed by atoms with Crippen LogP contribution in [0.5, 0.6) is 23.0 Å². The number of ether oxygens (including phenoxy) is 2. The molecule has 28 heavy (non-hydrogen) atoms. The first-order valence-electron chi connectivity index (χ1n) is 8.93. The van der Waals surface area contributed by atoms with Gasteiger partial charge in [-0.15, -0.1) is 0 Å². The number of rotatable bonds is 7. The number of hydrogen-bond acceptors (Lipinski definition) is 5. The summed E-state index contributed by atoms with van der Waals surface area (Å²) < 4.78 is 11.7. The molecule has 0 saturated carbocycles. The molecule has 3 rings (SSSR count). The number of allylic oxidation sites excluding steroid dienone is 1. The molecule has 0 unspecified atom stereocenters. The zero-order valence-corrected chi connectivity index (χ0v) is 16.1. The third-order valence-electron chi connectivity index (χ3n) is 4.15. The second kappa shape index (κ2) is 8.90. The summed E-state index contributed by atoms with van der Waals surface area (Å²) in [5.74, 6) is 1.89. The number of aromatic hydroxyl groups is 1. The molecule has 0 saturated heterocycles. The first-order valence-corrected chi connectivity index (χ1v) is 8.93. The predicted octanol–water partition coefficient (Wildman–Crippen LogP) is 4.91. The monoisotopic (exact) mass is 377 g/mol. The number of H-pyrrole nitrogens is 1. The van der Waals surface area contributed by atoms with Gasteiger partial charge in [-0.1, -0.05) is 24.3 Å². The van der Waals surface area contributed by atoms with Gasteiger partial charge in [0.15, 0.2) is 5.75 Å². The maximum absolute atomic E-state index is 10.5. The first-order chi connectivity index (χ1) is 13.6. The van der Waals surface area contributed by atoms with Crippen molar-refractivity contribution in [3.63, 3.8) is 0 Å². The molecule has 1 aromatic heterocycles. The Morgan fingerprint density at radius 3 is 2.64 bits per heavy atom. The molecule has 1 heterocycles. The standard InChI is InChI=1S/C22H23N3O3/c1-4-16(13-23-3)14-27-18-10-11-19(20(26)12-18)21-22(15(2)24-25-21)28-17-8-6-5-7-9-17/h4-13,26H,14H2,1-3H3,(H,24,25)/b16-4+,23-13?. The van der Waals surface area contributed by atoms with E-state index in [1.54, 1.807) is 31.5 Å². The fourth-order valence-corrected chi connectivity index (χ4v) is 2.66. The van der Waals surface area contributed by atoms with E-state index in [1.165, 1.54) is 0 Å². The molecule has 144 valence electrons. The summed E-state index contributed by atoms with van der Waals surface area (Å²) >= 11 is 0. The highest BCUT2D eigenvalue weighted by molar-refractivity contribution is 5.78. The topological polar surface area (TPSA) is 79.7 Å². The third-order valence-corrected chi connectivity index (χ3v) is 4.15. The van der Waals surface area contributed by atoms with Gasteiger partial charge in [0.2, 0.25) is 0 Å². The Labute approximate surface area is 164 Å². The van der Waals surface area contributed by atoms with E-state index in [0.717, 1.165) is 11.3 Å². The van der Waals surface area contributed by atoms with Crippen molar-refractivity contribution in [3.05, 3.63) is 65.9 Å². The van der Waals surface area contributed by atoms with E-state index < -0.39 is 0 Å². The van der Waals surface area contributed by atoms with Gasteiger partial charge in [-0.3, -0.25) is 10.1 Å². The van der Waals surface area contributed by atoms with Crippen molar-refractivity contribution in [2.75, 3.05) is 13.7 Å². The van der Waals surface area contributed by atoms with E-state index >= 15 is 0 Å². The maximum Gasteiger partial charge on any atom is 0.176 e. The Hall–Kier alpha value is -3.54. The number of aromatic amines is 1. The molecule has 2 N–H and O–H groups in total. The highest BCUT2D eigenvalue weighted by Gasteiger charge is 2.18. The van der Waals surface area contributed by atoms with Crippen molar-refractivity contribution in [2.45, 2.75) is 13.8 Å². The van der Waals surface area contributed by atoms with Gasteiger partial charge in [-0.2, -0.15) is 5.10 Å². The van der Waals surface area contributed by atoms with Gasteiger partial charge < -0.3 is 14.6 Å². The zero-order valence-electron chi connectivity index (χ0n) is 16.1. The van der Waals surface area contributed by atoms with E-state index in [0.29, 0.717) is 35.1 Å². The van der Waals surface area contributed by atoms with Crippen LogP contribution < -0.4 is 9.47 Å². The van der Waals surface area contributed by atoms with Gasteiger partial charge in [0.05, 0.1) is 5.69 Å². The lowest BCUT2D eigenvalue weighted by molar-refractivity contribution is 0.355. The molecule has 0 aliphatic carbocycles. The molecule has 0 spiro atoms. The van der Waals surface area contributed by atoms with Crippen molar-refractivity contribution in [1.29, 1.82) is 0 Å². The Morgan fingerprint density at radius 1 is 1.18 bits per heavy atom. The van der Waals surface area contributed by atoms with Gasteiger partial charge >= 0.3 is 0 Å². The fraction of sp³-hybridized carbons (Fsp3) is 0.182. The lowest BCUT2D eigenvalue weighted by Gasteiger charge is -2.10. The van der Waals surface area contributed by atoms with Crippen LogP contribution in [-0.2, 0) is 0 Å². The van der Waals surface area contributed by atoms with Gasteiger partial charge in [0.25, 0.3) is 0 Å². The second-order valence-corrected chi connectivity index (χ2v) is 6.16. The van der Waals surface area contributed by atoms with Crippen LogP contribution in [0.25, 0.3) is 11.3 Å². The summed E-state index contributed by atoms with van der Waals surface area (Å²) in [6.45, 7) is 4.17. The first kappa shape index (κ1) is 19.2. The van der Waals surface area contributed by atoms with Crippen molar-refractivity contribution in [1.82, 2.24) is 10.2 Å². The number of aliphatic imine (C=N–C) groups is 1. The van der Waals surface area contributed by atoms with E-state index in [-0.39, 0.29) is 5.75 Å². The highest BCUT2D eigenvalue weighted by Crippen LogP contribution is 2.39. The predicted molar refractivity (Wildman–Crippen MR) is 111 cm³/mol. The number of para-hydroxylation sites is 1. The van der Waals surface area contributed by atoms with Crippen molar-refractivity contribution in [3.8, 4) is 34.3 Å². The minimum atomic E-state index is 0.0631. The Kier molecular flexibility index (Phi) is 6.11. The number of hydrogen-bond donors (Lipinski definition) is 2. The molecule has 0 aliphatic heterocycles. The average Bonchev–Trinajstić information content (AvgIpc) is 3.06. The molecule has 0 aliphatic rings. The summed E-state index contributed by atoms with van der Waals surface area (Å²) in [6.07, 6.45) is 3.68. The van der Waals surface area contributed by atoms with Gasteiger partial charge in [0.1, 0.15) is 29.5 Å². The minimum absolute atomic E-state index is 0.0631. The molecule has 0 atom stereocenters. The highest BCUT2D eigenvalue weighted by atomic mass is 16.5. The number of phenolic OH excluding ortho intramolecular Hbond substituents is 1. The van der Waals surface area contributed by atoms with Gasteiger partial charge in [0, 0.05) is 30.5 Å². The minimum Gasteiger partial charge on any atom is -0.507 e. The number of nitrogens with one attached hydrogen (secondary N) is 1. The van der Waals surface area contributed by atoms with Crippen molar-refractivity contribution in [2.24, 2.45) is 4.99 Å². The van der Waals surface area contributed by atoms with Crippen LogP contribution in [0.1, 0.15) is 12.6 Å². The van der Waals surface area contributed by atoms with Crippen LogP contribution in [0, 0.1) is 6.92 Å². The summed E-state index contributed by atoms with van der Waals surface area (Å²) in [7, 11) is 1.71. The molecule has 3 aromatic rings. The van der Waals surface area contributed by atoms with Crippen molar-refractivity contribution >= 4 is 6.21 Å². The third kappa shape index (κ3) is 4.40. The number of benzene rings is 2. The maximum atomic E-state index is 10.5.